The van der Waals surface area contributed by atoms with Crippen LogP contribution >= 0.6 is 43.5 Å². The molecule has 3 aliphatic rings. The van der Waals surface area contributed by atoms with E-state index in [1.807, 2.05) is 0 Å². The fourth-order valence-corrected chi connectivity index (χ4v) is 8.22. The summed E-state index contributed by atoms with van der Waals surface area (Å²) in [4.78, 5) is 67.1. The van der Waals surface area contributed by atoms with Crippen LogP contribution in [-0.4, -0.2) is 55.7 Å². The molecule has 214 valence electrons. The summed E-state index contributed by atoms with van der Waals surface area (Å²) in [6.45, 7) is -0.549. The van der Waals surface area contributed by atoms with Gasteiger partial charge in [-0.1, -0.05) is 61.7 Å². The van der Waals surface area contributed by atoms with Crippen molar-refractivity contribution >= 4 is 72.9 Å². The lowest BCUT2D eigenvalue weighted by molar-refractivity contribution is -0.154. The van der Waals surface area contributed by atoms with Gasteiger partial charge in [0.05, 0.1) is 17.4 Å². The van der Waals surface area contributed by atoms with E-state index in [0.29, 0.717) is 10.6 Å². The number of benzene rings is 3. The van der Waals surface area contributed by atoms with Gasteiger partial charge in [-0.2, -0.15) is 5.01 Å². The van der Waals surface area contributed by atoms with E-state index in [9.17, 15) is 24.0 Å². The van der Waals surface area contributed by atoms with Crippen LogP contribution in [0.1, 0.15) is 37.5 Å². The maximum atomic E-state index is 13.7. The SMILES string of the molecule is O=C(CN(C(=O)c1ccc(Cl)cc1)N1C(=O)[C@@H]2[C@H]3C[C@@H]([C@@H](Br)[C@H]3Br)[C@H]2C1=O)c1ccc(OC(=O)c2ccccc2)cc1. The molecule has 6 rings (SSSR count). The minimum atomic E-state index is -0.673. The van der Waals surface area contributed by atoms with Crippen LogP contribution in [0.2, 0.25) is 5.02 Å². The van der Waals surface area contributed by atoms with Crippen molar-refractivity contribution in [1.82, 2.24) is 10.0 Å². The Morgan fingerprint density at radius 1 is 0.786 bits per heavy atom. The Kier molecular flexibility index (Phi) is 7.80. The highest BCUT2D eigenvalue weighted by Crippen LogP contribution is 2.60. The van der Waals surface area contributed by atoms with Gasteiger partial charge in [0, 0.05) is 25.8 Å². The summed E-state index contributed by atoms with van der Waals surface area (Å²) in [6, 6.07) is 20.4. The highest BCUT2D eigenvalue weighted by atomic mass is 79.9. The summed E-state index contributed by atoms with van der Waals surface area (Å²) in [7, 11) is 0. The second-order valence-electron chi connectivity index (χ2n) is 10.6. The zero-order valence-corrected chi connectivity index (χ0v) is 25.8. The molecule has 2 bridgehead atoms. The number of hydrazine groups is 1. The maximum Gasteiger partial charge on any atom is 0.343 e. The van der Waals surface area contributed by atoms with Gasteiger partial charge in [0.1, 0.15) is 12.3 Å². The van der Waals surface area contributed by atoms with Crippen molar-refractivity contribution in [2.45, 2.75) is 16.1 Å². The fourth-order valence-electron chi connectivity index (χ4n) is 6.22. The Bertz CT molecular complexity index is 1550. The minimum Gasteiger partial charge on any atom is -0.423 e. The standard InChI is InChI=1S/C31H23Br2ClN2O6/c32-26-21-14-22(27(26)33)25-24(21)29(39)36(30(25)40)35(28(38)17-6-10-19(34)11-7-17)15-23(37)16-8-12-20(13-9-16)42-31(41)18-4-2-1-3-5-18/h1-13,21-22,24-27H,14-15H2/t21-,22-,24-,25-,26-,27+/m1/s1. The molecule has 6 atom stereocenters. The summed E-state index contributed by atoms with van der Waals surface area (Å²) in [5.74, 6) is -3.67. The topological polar surface area (TPSA) is 101 Å². The number of carbonyl (C=O) groups excluding carboxylic acids is 5. The van der Waals surface area contributed by atoms with Gasteiger partial charge >= 0.3 is 5.97 Å². The first-order valence-electron chi connectivity index (χ1n) is 13.3. The molecule has 1 saturated heterocycles. The molecule has 8 nitrogen and oxygen atoms in total. The number of halogens is 3. The first-order chi connectivity index (χ1) is 20.2. The van der Waals surface area contributed by atoms with Crippen molar-refractivity contribution in [2.75, 3.05) is 6.54 Å². The molecule has 2 aliphatic carbocycles. The quantitative estimate of drug-likeness (QED) is 0.104. The van der Waals surface area contributed by atoms with Crippen molar-refractivity contribution in [1.29, 1.82) is 0 Å². The van der Waals surface area contributed by atoms with E-state index in [4.69, 9.17) is 16.3 Å². The van der Waals surface area contributed by atoms with Gasteiger partial charge in [-0.3, -0.25) is 19.2 Å². The molecule has 0 aromatic heterocycles. The first-order valence-corrected chi connectivity index (χ1v) is 15.5. The number of imide groups is 1. The number of ether oxygens (including phenoxy) is 1. The monoisotopic (exact) mass is 712 g/mol. The molecule has 1 heterocycles. The first kappa shape index (κ1) is 28.8. The van der Waals surface area contributed by atoms with E-state index in [1.54, 1.807) is 30.3 Å². The number of fused-ring (bicyclic) bond motifs is 5. The molecule has 11 heteroatoms. The number of esters is 1. The van der Waals surface area contributed by atoms with E-state index in [0.717, 1.165) is 16.4 Å². The summed E-state index contributed by atoms with van der Waals surface area (Å²) < 4.78 is 5.39. The van der Waals surface area contributed by atoms with Crippen molar-refractivity contribution in [3.8, 4) is 5.75 Å². The lowest BCUT2D eigenvalue weighted by Gasteiger charge is -2.31. The van der Waals surface area contributed by atoms with E-state index in [2.05, 4.69) is 31.9 Å². The second kappa shape index (κ2) is 11.4. The lowest BCUT2D eigenvalue weighted by atomic mass is 9.81. The molecule has 0 N–H and O–H groups in total. The average molecular weight is 715 g/mol. The number of rotatable bonds is 7. The second-order valence-corrected chi connectivity index (χ2v) is 13.1. The molecule has 3 aromatic rings. The molecule has 3 aromatic carbocycles. The zero-order chi connectivity index (χ0) is 29.7. The number of amides is 3. The summed E-state index contributed by atoms with van der Waals surface area (Å²) in [6.07, 6.45) is 0.734. The molecule has 1 aliphatic heterocycles. The third kappa shape index (κ3) is 4.99. The predicted molar refractivity (Wildman–Crippen MR) is 161 cm³/mol. The van der Waals surface area contributed by atoms with Gasteiger partial charge in [0.25, 0.3) is 17.7 Å². The Labute approximate surface area is 263 Å². The molecule has 0 radical (unpaired) electrons. The van der Waals surface area contributed by atoms with Crippen molar-refractivity contribution in [3.05, 3.63) is 101 Å². The predicted octanol–water partition coefficient (Wildman–Crippen LogP) is 5.58. The number of nitrogens with zero attached hydrogens (tertiary/aromatic N) is 2. The van der Waals surface area contributed by atoms with Crippen molar-refractivity contribution in [2.24, 2.45) is 23.7 Å². The largest absolute Gasteiger partial charge is 0.423 e. The number of ketones is 1. The maximum absolute atomic E-state index is 13.7. The Balaban J connectivity index is 1.25. The van der Waals surface area contributed by atoms with Crippen LogP contribution in [0.3, 0.4) is 0 Å². The van der Waals surface area contributed by atoms with Crippen LogP contribution in [0.25, 0.3) is 0 Å². The molecule has 2 saturated carbocycles. The number of hydrogen-bond acceptors (Lipinski definition) is 6. The fraction of sp³-hybridized carbons (Fsp3) is 0.258. The van der Waals surface area contributed by atoms with Crippen LogP contribution in [0, 0.1) is 23.7 Å². The van der Waals surface area contributed by atoms with Crippen LogP contribution in [0.4, 0.5) is 0 Å². The summed E-state index contributed by atoms with van der Waals surface area (Å²) in [5.41, 5.74) is 0.765. The van der Waals surface area contributed by atoms with Crippen molar-refractivity contribution in [3.63, 3.8) is 0 Å². The zero-order valence-electron chi connectivity index (χ0n) is 21.9. The smallest absolute Gasteiger partial charge is 0.343 e. The Morgan fingerprint density at radius 2 is 1.33 bits per heavy atom. The van der Waals surface area contributed by atoms with Gasteiger partial charge in [-0.15, -0.1) is 0 Å². The summed E-state index contributed by atoms with van der Waals surface area (Å²) in [5, 5.41) is 2.24. The van der Waals surface area contributed by atoms with E-state index >= 15 is 0 Å². The van der Waals surface area contributed by atoms with Gasteiger partial charge in [0.2, 0.25) is 0 Å². The van der Waals surface area contributed by atoms with E-state index < -0.39 is 47.9 Å². The molecule has 0 unspecified atom stereocenters. The number of hydrogen-bond donors (Lipinski definition) is 0. The highest BCUT2D eigenvalue weighted by Gasteiger charge is 2.67. The van der Waals surface area contributed by atoms with Crippen LogP contribution in [-0.2, 0) is 9.59 Å². The van der Waals surface area contributed by atoms with Gasteiger partial charge in [-0.25, -0.2) is 9.80 Å². The third-order valence-corrected chi connectivity index (χ3v) is 11.7. The average Bonchev–Trinajstić information content (AvgIpc) is 3.61. The van der Waals surface area contributed by atoms with Gasteiger partial charge in [-0.05, 0) is 78.9 Å². The molecule has 3 amide bonds. The normalized spacial score (nSPS) is 25.8. The van der Waals surface area contributed by atoms with E-state index in [-0.39, 0.29) is 38.4 Å². The Hall–Kier alpha value is -3.34. The highest BCUT2D eigenvalue weighted by molar-refractivity contribution is 9.12. The number of carbonyl (C=O) groups is 5. The van der Waals surface area contributed by atoms with Gasteiger partial charge < -0.3 is 4.74 Å². The lowest BCUT2D eigenvalue weighted by Crippen LogP contribution is -2.52. The molecular weight excluding hydrogens is 692 g/mol. The van der Waals surface area contributed by atoms with E-state index in [1.165, 1.54) is 48.5 Å². The number of Topliss-reactive ketones (excluding diaryl/α,β-unsaturated/α-hetero) is 1. The van der Waals surface area contributed by atoms with Crippen LogP contribution in [0.5, 0.6) is 5.75 Å². The minimum absolute atomic E-state index is 0.0250. The number of alkyl halides is 2. The van der Waals surface area contributed by atoms with Crippen molar-refractivity contribution < 1.29 is 28.7 Å². The third-order valence-electron chi connectivity index (χ3n) is 8.22. The molecule has 0 spiro atoms. The molecule has 3 fully saturated rings. The van der Waals surface area contributed by atoms with Crippen LogP contribution in [0.15, 0.2) is 78.9 Å². The molecular formula is C31H23Br2ClN2O6. The van der Waals surface area contributed by atoms with Gasteiger partial charge in [0.15, 0.2) is 5.78 Å². The Morgan fingerprint density at radius 3 is 1.90 bits per heavy atom. The molecule has 42 heavy (non-hydrogen) atoms. The van der Waals surface area contributed by atoms with Crippen LogP contribution < -0.4 is 4.74 Å². The summed E-state index contributed by atoms with van der Waals surface area (Å²) >= 11 is 13.3.